The second-order valence-corrected chi connectivity index (χ2v) is 3.34. The van der Waals surface area contributed by atoms with Crippen LogP contribution in [0.3, 0.4) is 0 Å². The fourth-order valence-corrected chi connectivity index (χ4v) is 1.40. The largest absolute Gasteiger partial charge is 0.463 e. The van der Waals surface area contributed by atoms with Crippen molar-refractivity contribution in [3.05, 3.63) is 23.3 Å². The highest BCUT2D eigenvalue weighted by molar-refractivity contribution is 5.87. The molecule has 1 aliphatic rings. The van der Waals surface area contributed by atoms with E-state index in [1.807, 2.05) is 0 Å². The minimum Gasteiger partial charge on any atom is -0.463 e. The molecule has 0 atom stereocenters. The summed E-state index contributed by atoms with van der Waals surface area (Å²) in [5.74, 6) is -0.709. The lowest BCUT2D eigenvalue weighted by Gasteiger charge is -2.21. The Morgan fingerprint density at radius 3 is 1.62 bits per heavy atom. The highest BCUT2D eigenvalue weighted by atomic mass is 16.5. The van der Waals surface area contributed by atoms with Crippen LogP contribution in [0.4, 0.5) is 0 Å². The van der Waals surface area contributed by atoms with Crippen molar-refractivity contribution in [1.82, 2.24) is 0 Å². The predicted octanol–water partition coefficient (Wildman–Crippen LogP) is 1.76. The highest BCUT2D eigenvalue weighted by Gasteiger charge is 2.19. The monoisotopic (exact) mass is 224 g/mol. The van der Waals surface area contributed by atoms with Crippen molar-refractivity contribution >= 4 is 11.9 Å². The molecule has 0 heterocycles. The molecule has 0 saturated heterocycles. The Hall–Kier alpha value is -1.58. The number of carbonyl (C=O) groups is 2. The number of ether oxygens (including phenoxy) is 2. The van der Waals surface area contributed by atoms with Crippen LogP contribution < -0.4 is 0 Å². The van der Waals surface area contributed by atoms with Crippen molar-refractivity contribution in [2.75, 3.05) is 13.2 Å². The minimum absolute atomic E-state index is 0.355. The van der Waals surface area contributed by atoms with Gasteiger partial charge in [0, 0.05) is 12.2 Å². The highest BCUT2D eigenvalue weighted by Crippen LogP contribution is 2.32. The van der Waals surface area contributed by atoms with E-state index < -0.39 is 0 Å². The van der Waals surface area contributed by atoms with Gasteiger partial charge in [-0.3, -0.25) is 0 Å². The topological polar surface area (TPSA) is 52.6 Å². The van der Waals surface area contributed by atoms with Gasteiger partial charge in [0.15, 0.2) is 0 Å². The summed E-state index contributed by atoms with van der Waals surface area (Å²) in [6.07, 6.45) is 4.50. The van der Waals surface area contributed by atoms with Crippen molar-refractivity contribution in [3.8, 4) is 0 Å². The molecule has 0 amide bonds. The zero-order chi connectivity index (χ0) is 12.0. The molecule has 1 aliphatic carbocycles. The SMILES string of the molecule is CCOC(=O)/C=C1\CC\C1=C/C(=O)OCC. The van der Waals surface area contributed by atoms with Gasteiger partial charge in [-0.2, -0.15) is 0 Å². The average Bonchev–Trinajstić information content (AvgIpc) is 2.22. The molecule has 1 saturated carbocycles. The van der Waals surface area contributed by atoms with Gasteiger partial charge in [-0.25, -0.2) is 9.59 Å². The first-order valence-corrected chi connectivity index (χ1v) is 5.42. The molecule has 88 valence electrons. The molecule has 0 aliphatic heterocycles. The Balaban J connectivity index is 2.58. The second-order valence-electron chi connectivity index (χ2n) is 3.34. The van der Waals surface area contributed by atoms with Gasteiger partial charge in [0.05, 0.1) is 13.2 Å². The molecular formula is C12H16O4. The molecule has 4 heteroatoms. The normalized spacial score (nSPS) is 19.4. The van der Waals surface area contributed by atoms with Crippen molar-refractivity contribution in [1.29, 1.82) is 0 Å². The molecule has 16 heavy (non-hydrogen) atoms. The second kappa shape index (κ2) is 6.10. The Bertz CT molecular complexity index is 305. The first-order chi connectivity index (χ1) is 7.67. The maximum absolute atomic E-state index is 11.2. The van der Waals surface area contributed by atoms with Crippen molar-refractivity contribution < 1.29 is 19.1 Å². The van der Waals surface area contributed by atoms with E-state index in [1.54, 1.807) is 13.8 Å². The van der Waals surface area contributed by atoms with Crippen LogP contribution >= 0.6 is 0 Å². The molecule has 0 aromatic heterocycles. The Morgan fingerprint density at radius 1 is 1.00 bits per heavy atom. The van der Waals surface area contributed by atoms with Crippen molar-refractivity contribution in [2.24, 2.45) is 0 Å². The van der Waals surface area contributed by atoms with Gasteiger partial charge in [0.1, 0.15) is 0 Å². The summed E-state index contributed by atoms with van der Waals surface area (Å²) in [6, 6.07) is 0. The van der Waals surface area contributed by atoms with E-state index in [0.717, 1.165) is 24.0 Å². The summed E-state index contributed by atoms with van der Waals surface area (Å²) in [4.78, 5) is 22.3. The molecule has 0 unspecified atom stereocenters. The van der Waals surface area contributed by atoms with Crippen molar-refractivity contribution in [3.63, 3.8) is 0 Å². The number of rotatable bonds is 4. The van der Waals surface area contributed by atoms with Crippen LogP contribution in [0.2, 0.25) is 0 Å². The summed E-state index contributed by atoms with van der Waals surface area (Å²) in [7, 11) is 0. The van der Waals surface area contributed by atoms with Gasteiger partial charge >= 0.3 is 11.9 Å². The third-order valence-electron chi connectivity index (χ3n) is 2.23. The average molecular weight is 224 g/mol. The van der Waals surface area contributed by atoms with E-state index >= 15 is 0 Å². The molecule has 0 aromatic rings. The minimum atomic E-state index is -0.355. The molecule has 0 N–H and O–H groups in total. The lowest BCUT2D eigenvalue weighted by Crippen LogP contribution is -2.11. The summed E-state index contributed by atoms with van der Waals surface area (Å²) in [5, 5.41) is 0. The molecule has 0 radical (unpaired) electrons. The number of hydrogen-bond donors (Lipinski definition) is 0. The van der Waals surface area contributed by atoms with Crippen molar-refractivity contribution in [2.45, 2.75) is 26.7 Å². The maximum atomic E-state index is 11.2. The van der Waals surface area contributed by atoms with Crippen LogP contribution in [0.25, 0.3) is 0 Å². The van der Waals surface area contributed by atoms with Crippen LogP contribution in [-0.4, -0.2) is 25.2 Å². The van der Waals surface area contributed by atoms with E-state index in [0.29, 0.717) is 13.2 Å². The smallest absolute Gasteiger partial charge is 0.331 e. The van der Waals surface area contributed by atoms with E-state index in [9.17, 15) is 9.59 Å². The number of carbonyl (C=O) groups excluding carboxylic acids is 2. The molecule has 1 fully saturated rings. The summed E-state index contributed by atoms with van der Waals surface area (Å²) in [5.41, 5.74) is 1.73. The van der Waals surface area contributed by atoms with Gasteiger partial charge < -0.3 is 9.47 Å². The van der Waals surface area contributed by atoms with Gasteiger partial charge in [-0.15, -0.1) is 0 Å². The number of esters is 2. The lowest BCUT2D eigenvalue weighted by molar-refractivity contribution is -0.138. The molecule has 0 aromatic carbocycles. The first kappa shape index (κ1) is 12.5. The van der Waals surface area contributed by atoms with E-state index in [2.05, 4.69) is 0 Å². The Kier molecular flexibility index (Phi) is 4.76. The van der Waals surface area contributed by atoms with E-state index in [4.69, 9.17) is 9.47 Å². The van der Waals surface area contributed by atoms with Crippen LogP contribution in [0.15, 0.2) is 23.3 Å². The number of hydrogen-bond acceptors (Lipinski definition) is 4. The summed E-state index contributed by atoms with van der Waals surface area (Å²) >= 11 is 0. The van der Waals surface area contributed by atoms with Crippen LogP contribution in [0.5, 0.6) is 0 Å². The van der Waals surface area contributed by atoms with Crippen LogP contribution in [-0.2, 0) is 19.1 Å². The van der Waals surface area contributed by atoms with Crippen LogP contribution in [0, 0.1) is 0 Å². The molecule has 1 rings (SSSR count). The summed E-state index contributed by atoms with van der Waals surface area (Å²) < 4.78 is 9.58. The Morgan fingerprint density at radius 2 is 1.38 bits per heavy atom. The zero-order valence-corrected chi connectivity index (χ0v) is 9.62. The standard InChI is InChI=1S/C12H16O4/c1-3-15-11(13)7-9-5-6-10(9)8-12(14)16-4-2/h7-8H,3-6H2,1-2H3/b9-7+,10-8+. The zero-order valence-electron chi connectivity index (χ0n) is 9.62. The lowest BCUT2D eigenvalue weighted by atomic mass is 9.85. The third kappa shape index (κ3) is 3.53. The third-order valence-corrected chi connectivity index (χ3v) is 2.23. The fraction of sp³-hybridized carbons (Fsp3) is 0.500. The molecular weight excluding hydrogens is 208 g/mol. The number of allylic oxidation sites excluding steroid dienone is 2. The molecule has 0 spiro atoms. The van der Waals surface area contributed by atoms with Gasteiger partial charge in [0.2, 0.25) is 0 Å². The first-order valence-electron chi connectivity index (χ1n) is 5.42. The quantitative estimate of drug-likeness (QED) is 0.539. The van der Waals surface area contributed by atoms with Gasteiger partial charge in [-0.1, -0.05) is 0 Å². The van der Waals surface area contributed by atoms with E-state index in [-0.39, 0.29) is 11.9 Å². The maximum Gasteiger partial charge on any atom is 0.331 e. The molecule has 4 nitrogen and oxygen atoms in total. The van der Waals surface area contributed by atoms with E-state index in [1.165, 1.54) is 12.2 Å². The van der Waals surface area contributed by atoms with Crippen LogP contribution in [0.1, 0.15) is 26.7 Å². The van der Waals surface area contributed by atoms with Gasteiger partial charge in [-0.05, 0) is 37.8 Å². The molecule has 0 bridgehead atoms. The van der Waals surface area contributed by atoms with Gasteiger partial charge in [0.25, 0.3) is 0 Å². The predicted molar refractivity (Wildman–Crippen MR) is 58.7 cm³/mol. The summed E-state index contributed by atoms with van der Waals surface area (Å²) in [6.45, 7) is 4.23. The Labute approximate surface area is 94.9 Å². The fourth-order valence-electron chi connectivity index (χ4n) is 1.40.